The Morgan fingerprint density at radius 3 is 1.81 bits per heavy atom. The highest BCUT2D eigenvalue weighted by Gasteiger charge is 2.51. The molecule has 0 saturated heterocycles. The van der Waals surface area contributed by atoms with Crippen LogP contribution in [0.4, 0.5) is 28.4 Å². The molecule has 0 saturated carbocycles. The summed E-state index contributed by atoms with van der Waals surface area (Å²) in [5.41, 5.74) is 12.9. The molecule has 0 bridgehead atoms. The number of benzene rings is 7. The molecule has 0 N–H and O–H groups in total. The van der Waals surface area contributed by atoms with Gasteiger partial charge in [-0.2, -0.15) is 0 Å². The summed E-state index contributed by atoms with van der Waals surface area (Å²) < 4.78 is 0. The number of hydrogen-bond acceptors (Lipinski definition) is 2. The van der Waals surface area contributed by atoms with Gasteiger partial charge in [-0.05, 0) is 95.7 Å². The van der Waals surface area contributed by atoms with Crippen molar-refractivity contribution in [1.82, 2.24) is 0 Å². The molecule has 0 fully saturated rings. The fourth-order valence-electron chi connectivity index (χ4n) is 8.36. The monoisotopic (exact) mass is 618 g/mol. The molecule has 2 nitrogen and oxygen atoms in total. The predicted octanol–water partition coefficient (Wildman–Crippen LogP) is 10.4. The van der Waals surface area contributed by atoms with Crippen LogP contribution in [0, 0.1) is 6.92 Å². The summed E-state index contributed by atoms with van der Waals surface area (Å²) >= 11 is 0. The second-order valence-corrected chi connectivity index (χ2v) is 15.7. The lowest BCUT2D eigenvalue weighted by atomic mass is 9.43. The molecule has 0 amide bonds. The number of anilines is 5. The van der Waals surface area contributed by atoms with Crippen LogP contribution in [0.5, 0.6) is 0 Å². The molecule has 0 aromatic heterocycles. The van der Waals surface area contributed by atoms with Crippen molar-refractivity contribution in [2.24, 2.45) is 0 Å². The summed E-state index contributed by atoms with van der Waals surface area (Å²) in [4.78, 5) is 10.7. The molecule has 47 heavy (non-hydrogen) atoms. The lowest BCUT2D eigenvalue weighted by Gasteiger charge is -2.54. The van der Waals surface area contributed by atoms with E-state index in [1.807, 2.05) is 0 Å². The fraction of sp³-hybridized carbons (Fsp3) is 0.0233. The molecule has 3 heterocycles. The van der Waals surface area contributed by atoms with Gasteiger partial charge in [0.15, 0.2) is 0 Å². The normalized spacial score (nSPS) is 15.2. The first-order valence-electron chi connectivity index (χ1n) is 16.3. The van der Waals surface area contributed by atoms with Gasteiger partial charge in [-0.3, -0.25) is 0 Å². The van der Waals surface area contributed by atoms with Crippen molar-refractivity contribution in [2.75, 3.05) is 9.71 Å². The summed E-state index contributed by atoms with van der Waals surface area (Å²) in [5, 5.41) is 0. The first-order chi connectivity index (χ1) is 23.3. The Labute approximate surface area is 278 Å². The van der Waals surface area contributed by atoms with Gasteiger partial charge < -0.3 is 9.71 Å². The zero-order valence-electron chi connectivity index (χ0n) is 26.0. The second kappa shape index (κ2) is 10.0. The van der Waals surface area contributed by atoms with E-state index in [0.29, 0.717) is 0 Å². The Morgan fingerprint density at radius 1 is 0.489 bits per heavy atom. The molecule has 7 aromatic rings. The fourth-order valence-corrected chi connectivity index (χ4v) is 12.6. The van der Waals surface area contributed by atoms with Crippen molar-refractivity contribution >= 4 is 56.2 Å². The predicted molar refractivity (Wildman–Crippen MR) is 198 cm³/mol. The average molecular weight is 619 g/mol. The maximum atomic E-state index is 2.69. The van der Waals surface area contributed by atoms with E-state index in [-0.39, 0.29) is 6.85 Å². The molecule has 0 unspecified atom stereocenters. The van der Waals surface area contributed by atoms with Crippen molar-refractivity contribution in [3.8, 4) is 11.1 Å². The lowest BCUT2D eigenvalue weighted by molar-refractivity contribution is 1.15. The number of nitrogens with zero attached hydrogens (tertiary/aromatic N) is 2. The number of aryl methyl sites for hydroxylation is 1. The zero-order chi connectivity index (χ0) is 31.1. The number of para-hydroxylation sites is 4. The second-order valence-electron chi connectivity index (χ2n) is 12.6. The molecule has 0 radical (unpaired) electrons. The van der Waals surface area contributed by atoms with E-state index < -0.39 is 10.0 Å². The van der Waals surface area contributed by atoms with Crippen LogP contribution in [-0.4, -0.2) is 6.85 Å². The number of fused-ring (bicyclic) bond motifs is 6. The minimum Gasteiger partial charge on any atom is -0.375 e. The summed E-state index contributed by atoms with van der Waals surface area (Å²) in [5.74, 6) is 0. The standard InChI is InChI=1S/C43H31BN2S/c1-30-28-35-34-22-15-27-41-43(34)46(44-36-23-11-12-24-37(36)45(39(29-30)42(35)44)31-16-5-2-6-17-31)38-25-13-14-26-40(38)47(41,32-18-7-3-8-19-32)33-20-9-4-10-21-33/h2-29H,1H3. The van der Waals surface area contributed by atoms with Gasteiger partial charge in [-0.1, -0.05) is 103 Å². The first kappa shape index (κ1) is 26.7. The summed E-state index contributed by atoms with van der Waals surface area (Å²) in [7, 11) is -1.82. The quantitative estimate of drug-likeness (QED) is 0.182. The van der Waals surface area contributed by atoms with Gasteiger partial charge >= 0.3 is 6.85 Å². The number of hydrogen-bond donors (Lipinski definition) is 0. The van der Waals surface area contributed by atoms with E-state index in [2.05, 4.69) is 186 Å². The van der Waals surface area contributed by atoms with Crippen LogP contribution >= 0.6 is 10.0 Å². The van der Waals surface area contributed by atoms with Crippen molar-refractivity contribution in [3.63, 3.8) is 0 Å². The smallest absolute Gasteiger partial charge is 0.333 e. The van der Waals surface area contributed by atoms with E-state index in [0.717, 1.165) is 0 Å². The largest absolute Gasteiger partial charge is 0.375 e. The van der Waals surface area contributed by atoms with E-state index in [1.54, 1.807) is 0 Å². The van der Waals surface area contributed by atoms with Crippen LogP contribution in [-0.2, 0) is 0 Å². The van der Waals surface area contributed by atoms with Crippen LogP contribution < -0.4 is 20.6 Å². The Balaban J connectivity index is 1.38. The van der Waals surface area contributed by atoms with Gasteiger partial charge in [-0.15, -0.1) is 10.0 Å². The minimum absolute atomic E-state index is 0.0236. The molecule has 0 aliphatic carbocycles. The topological polar surface area (TPSA) is 6.48 Å². The van der Waals surface area contributed by atoms with E-state index >= 15 is 0 Å². The SMILES string of the molecule is Cc1cc2c3c(c1)N(c1ccccc1)c1ccccc1B3N1c3ccccc3S(c3ccccc3)(c3ccccc3)c3cccc-2c31. The maximum Gasteiger partial charge on any atom is 0.333 e. The van der Waals surface area contributed by atoms with Gasteiger partial charge in [0.05, 0.1) is 5.69 Å². The highest BCUT2D eigenvalue weighted by Crippen LogP contribution is 2.80. The highest BCUT2D eigenvalue weighted by atomic mass is 32.3. The van der Waals surface area contributed by atoms with Gasteiger partial charge in [0.2, 0.25) is 0 Å². The third kappa shape index (κ3) is 3.54. The lowest BCUT2D eigenvalue weighted by Crippen LogP contribution is -2.62. The van der Waals surface area contributed by atoms with E-state index in [1.165, 1.54) is 75.6 Å². The van der Waals surface area contributed by atoms with Gasteiger partial charge in [-0.25, -0.2) is 0 Å². The zero-order valence-corrected chi connectivity index (χ0v) is 26.9. The van der Waals surface area contributed by atoms with Crippen LogP contribution in [0.25, 0.3) is 11.1 Å². The molecule has 0 spiro atoms. The Hall–Kier alpha value is -5.45. The van der Waals surface area contributed by atoms with E-state index in [9.17, 15) is 0 Å². The average Bonchev–Trinajstić information content (AvgIpc) is 3.14. The Kier molecular flexibility index (Phi) is 5.70. The van der Waals surface area contributed by atoms with Gasteiger partial charge in [0, 0.05) is 47.9 Å². The van der Waals surface area contributed by atoms with Crippen molar-refractivity contribution in [3.05, 3.63) is 175 Å². The highest BCUT2D eigenvalue weighted by molar-refractivity contribution is 8.34. The van der Waals surface area contributed by atoms with Crippen molar-refractivity contribution in [1.29, 1.82) is 0 Å². The molecule has 4 heteroatoms. The molecule has 3 aliphatic heterocycles. The minimum atomic E-state index is -1.82. The molecular formula is C43H31BN2S. The molecule has 222 valence electrons. The summed E-state index contributed by atoms with van der Waals surface area (Å²) in [6.45, 7) is 2.27. The molecule has 10 rings (SSSR count). The summed E-state index contributed by atoms with van der Waals surface area (Å²) in [6.07, 6.45) is 0. The van der Waals surface area contributed by atoms with Crippen molar-refractivity contribution < 1.29 is 0 Å². The third-order valence-corrected chi connectivity index (χ3v) is 14.0. The van der Waals surface area contributed by atoms with Crippen LogP contribution in [0.15, 0.2) is 189 Å². The molecular weight excluding hydrogens is 587 g/mol. The number of rotatable bonds is 3. The Morgan fingerprint density at radius 2 is 1.09 bits per heavy atom. The van der Waals surface area contributed by atoms with Crippen molar-refractivity contribution in [2.45, 2.75) is 26.5 Å². The summed E-state index contributed by atoms with van der Waals surface area (Å²) in [6, 6.07) is 63.5. The van der Waals surface area contributed by atoms with Crippen LogP contribution in [0.3, 0.4) is 0 Å². The van der Waals surface area contributed by atoms with Gasteiger partial charge in [0.1, 0.15) is 0 Å². The first-order valence-corrected chi connectivity index (χ1v) is 17.9. The van der Waals surface area contributed by atoms with Crippen LogP contribution in [0.1, 0.15) is 5.56 Å². The van der Waals surface area contributed by atoms with Gasteiger partial charge in [0.25, 0.3) is 0 Å². The molecule has 7 aromatic carbocycles. The molecule has 0 atom stereocenters. The van der Waals surface area contributed by atoms with Crippen LogP contribution in [0.2, 0.25) is 0 Å². The van der Waals surface area contributed by atoms with E-state index in [4.69, 9.17) is 0 Å². The maximum absolute atomic E-state index is 2.69. The molecule has 3 aliphatic rings. The Bertz CT molecular complexity index is 2300. The third-order valence-electron chi connectivity index (χ3n) is 10.1.